The van der Waals surface area contributed by atoms with Crippen LogP contribution in [0, 0.1) is 11.6 Å². The van der Waals surface area contributed by atoms with Crippen molar-refractivity contribution in [1.82, 2.24) is 4.90 Å². The monoisotopic (exact) mass is 307 g/mol. The highest BCUT2D eigenvalue weighted by Gasteiger charge is 2.22. The van der Waals surface area contributed by atoms with Gasteiger partial charge in [0.15, 0.2) is 17.3 Å². The van der Waals surface area contributed by atoms with Crippen molar-refractivity contribution < 1.29 is 22.7 Å². The molecule has 0 radical (unpaired) electrons. The molecule has 6 heteroatoms. The lowest BCUT2D eigenvalue weighted by Gasteiger charge is -2.12. The Balaban J connectivity index is 1.63. The second kappa shape index (κ2) is 6.17. The molecule has 0 saturated carbocycles. The highest BCUT2D eigenvalue weighted by Crippen LogP contribution is 2.20. The fraction of sp³-hybridized carbons (Fsp3) is 0.312. The van der Waals surface area contributed by atoms with Gasteiger partial charge in [0.2, 0.25) is 0 Å². The van der Waals surface area contributed by atoms with Gasteiger partial charge in [0.1, 0.15) is 18.2 Å². The predicted octanol–water partition coefficient (Wildman–Crippen LogP) is 3.37. The summed E-state index contributed by atoms with van der Waals surface area (Å²) in [5.74, 6) is -0.991. The zero-order chi connectivity index (χ0) is 15.5. The van der Waals surface area contributed by atoms with E-state index >= 15 is 0 Å². The Morgan fingerprint density at radius 2 is 1.95 bits per heavy atom. The first-order chi connectivity index (χ1) is 10.6. The molecule has 1 saturated heterocycles. The fourth-order valence-corrected chi connectivity index (χ4v) is 2.39. The van der Waals surface area contributed by atoms with Gasteiger partial charge in [0.25, 0.3) is 5.91 Å². The van der Waals surface area contributed by atoms with Gasteiger partial charge in [-0.25, -0.2) is 8.78 Å². The van der Waals surface area contributed by atoms with Gasteiger partial charge in [-0.05, 0) is 37.1 Å². The second-order valence-corrected chi connectivity index (χ2v) is 5.13. The number of nitrogens with zero attached hydrogens (tertiary/aromatic N) is 1. The Hall–Kier alpha value is -2.37. The number of hydrogen-bond acceptors (Lipinski definition) is 3. The molecule has 3 rings (SSSR count). The molecule has 1 fully saturated rings. The molecular formula is C16H15F2NO3. The number of carbonyl (C=O) groups is 1. The Labute approximate surface area is 126 Å². The maximum Gasteiger partial charge on any atom is 0.289 e. The SMILES string of the molecule is O=C(c1ccc(COc2ccc(F)cc2F)o1)N1CCCC1. The summed E-state index contributed by atoms with van der Waals surface area (Å²) in [6.07, 6.45) is 2.01. The molecule has 0 atom stereocenters. The largest absolute Gasteiger partial charge is 0.483 e. The Bertz CT molecular complexity index is 678. The summed E-state index contributed by atoms with van der Waals surface area (Å²) in [6.45, 7) is 1.45. The number of likely N-dealkylation sites (tertiary alicyclic amines) is 1. The van der Waals surface area contributed by atoms with Gasteiger partial charge in [0.05, 0.1) is 0 Å². The van der Waals surface area contributed by atoms with E-state index in [9.17, 15) is 13.6 Å². The Kier molecular flexibility index (Phi) is 4.09. The van der Waals surface area contributed by atoms with E-state index in [2.05, 4.69) is 0 Å². The topological polar surface area (TPSA) is 42.7 Å². The summed E-state index contributed by atoms with van der Waals surface area (Å²) >= 11 is 0. The van der Waals surface area contributed by atoms with Crippen molar-refractivity contribution in [3.63, 3.8) is 0 Å². The number of halogens is 2. The summed E-state index contributed by atoms with van der Waals surface area (Å²) in [5.41, 5.74) is 0. The molecule has 0 aliphatic carbocycles. The molecule has 1 aromatic carbocycles. The minimum atomic E-state index is -0.778. The van der Waals surface area contributed by atoms with Crippen molar-refractivity contribution in [2.24, 2.45) is 0 Å². The highest BCUT2D eigenvalue weighted by atomic mass is 19.1. The van der Waals surface area contributed by atoms with Gasteiger partial charge in [0, 0.05) is 19.2 Å². The van der Waals surface area contributed by atoms with Crippen LogP contribution in [0.5, 0.6) is 5.75 Å². The first-order valence-electron chi connectivity index (χ1n) is 7.09. The Morgan fingerprint density at radius 1 is 1.18 bits per heavy atom. The summed E-state index contributed by atoms with van der Waals surface area (Å²) in [4.78, 5) is 13.9. The molecule has 0 spiro atoms. The zero-order valence-electron chi connectivity index (χ0n) is 11.9. The van der Waals surface area contributed by atoms with Gasteiger partial charge >= 0.3 is 0 Å². The maximum atomic E-state index is 13.4. The molecule has 0 unspecified atom stereocenters. The number of amides is 1. The van der Waals surface area contributed by atoms with E-state index in [0.717, 1.165) is 38.1 Å². The zero-order valence-corrected chi connectivity index (χ0v) is 11.9. The van der Waals surface area contributed by atoms with Gasteiger partial charge in [-0.2, -0.15) is 0 Å². The summed E-state index contributed by atoms with van der Waals surface area (Å²) < 4.78 is 36.9. The molecule has 1 aromatic heterocycles. The van der Waals surface area contributed by atoms with Crippen molar-refractivity contribution >= 4 is 5.91 Å². The van der Waals surface area contributed by atoms with E-state index in [0.29, 0.717) is 5.76 Å². The summed E-state index contributed by atoms with van der Waals surface area (Å²) in [7, 11) is 0. The van der Waals surface area contributed by atoms with Crippen molar-refractivity contribution in [3.05, 3.63) is 53.5 Å². The third-order valence-corrected chi connectivity index (χ3v) is 3.53. The first kappa shape index (κ1) is 14.6. The number of rotatable bonds is 4. The third-order valence-electron chi connectivity index (χ3n) is 3.53. The second-order valence-electron chi connectivity index (χ2n) is 5.13. The fourth-order valence-electron chi connectivity index (χ4n) is 2.39. The molecule has 2 aromatic rings. The van der Waals surface area contributed by atoms with Crippen LogP contribution in [0.25, 0.3) is 0 Å². The van der Waals surface area contributed by atoms with Crippen LogP contribution < -0.4 is 4.74 Å². The first-order valence-corrected chi connectivity index (χ1v) is 7.09. The van der Waals surface area contributed by atoms with Crippen molar-refractivity contribution in [3.8, 4) is 5.75 Å². The minimum Gasteiger partial charge on any atom is -0.483 e. The van der Waals surface area contributed by atoms with Crippen molar-refractivity contribution in [2.75, 3.05) is 13.1 Å². The van der Waals surface area contributed by atoms with Gasteiger partial charge in [-0.1, -0.05) is 0 Å². The quantitative estimate of drug-likeness (QED) is 0.869. The standard InChI is InChI=1S/C16H15F2NO3/c17-11-3-5-14(13(18)9-11)21-10-12-4-6-15(22-12)16(20)19-7-1-2-8-19/h3-6,9H,1-2,7-8,10H2. The minimum absolute atomic E-state index is 0.0319. The van der Waals surface area contributed by atoms with E-state index in [1.807, 2.05) is 0 Å². The molecule has 2 heterocycles. The molecule has 0 N–H and O–H groups in total. The van der Waals surface area contributed by atoms with Crippen LogP contribution in [0.1, 0.15) is 29.2 Å². The lowest BCUT2D eigenvalue weighted by molar-refractivity contribution is 0.0757. The third kappa shape index (κ3) is 3.10. The molecule has 22 heavy (non-hydrogen) atoms. The molecule has 1 aliphatic heterocycles. The number of ether oxygens (including phenoxy) is 1. The van der Waals surface area contributed by atoms with Crippen LogP contribution in [0.2, 0.25) is 0 Å². The van der Waals surface area contributed by atoms with Gasteiger partial charge in [-0.15, -0.1) is 0 Å². The number of carbonyl (C=O) groups excluding carboxylic acids is 1. The van der Waals surface area contributed by atoms with E-state index in [1.165, 1.54) is 6.07 Å². The smallest absolute Gasteiger partial charge is 0.289 e. The number of benzene rings is 1. The van der Waals surface area contributed by atoms with Crippen LogP contribution in [-0.4, -0.2) is 23.9 Å². The molecule has 1 aliphatic rings. The van der Waals surface area contributed by atoms with Crippen LogP contribution in [-0.2, 0) is 6.61 Å². The van der Waals surface area contributed by atoms with Crippen LogP contribution in [0.15, 0.2) is 34.7 Å². The number of hydrogen-bond donors (Lipinski definition) is 0. The van der Waals surface area contributed by atoms with Gasteiger partial charge in [-0.3, -0.25) is 4.79 Å². The summed E-state index contributed by atoms with van der Waals surface area (Å²) in [6, 6.07) is 6.28. The average Bonchev–Trinajstić information content (AvgIpc) is 3.17. The number of furan rings is 1. The lowest BCUT2D eigenvalue weighted by atomic mass is 10.3. The highest BCUT2D eigenvalue weighted by molar-refractivity contribution is 5.91. The predicted molar refractivity (Wildman–Crippen MR) is 74.5 cm³/mol. The Morgan fingerprint density at radius 3 is 2.68 bits per heavy atom. The van der Waals surface area contributed by atoms with E-state index in [-0.39, 0.29) is 24.0 Å². The molecule has 1 amide bonds. The molecular weight excluding hydrogens is 292 g/mol. The van der Waals surface area contributed by atoms with Gasteiger partial charge < -0.3 is 14.1 Å². The molecule has 116 valence electrons. The lowest BCUT2D eigenvalue weighted by Crippen LogP contribution is -2.27. The van der Waals surface area contributed by atoms with E-state index in [1.54, 1.807) is 17.0 Å². The van der Waals surface area contributed by atoms with Crippen molar-refractivity contribution in [1.29, 1.82) is 0 Å². The van der Waals surface area contributed by atoms with Crippen LogP contribution in [0.3, 0.4) is 0 Å². The van der Waals surface area contributed by atoms with Crippen molar-refractivity contribution in [2.45, 2.75) is 19.4 Å². The van der Waals surface area contributed by atoms with E-state index < -0.39 is 11.6 Å². The average molecular weight is 307 g/mol. The summed E-state index contributed by atoms with van der Waals surface area (Å²) in [5, 5.41) is 0. The molecule has 4 nitrogen and oxygen atoms in total. The normalized spacial score (nSPS) is 14.4. The molecule has 0 bridgehead atoms. The van der Waals surface area contributed by atoms with E-state index in [4.69, 9.17) is 9.15 Å². The maximum absolute atomic E-state index is 13.4. The van der Waals surface area contributed by atoms with Crippen LogP contribution >= 0.6 is 0 Å². The van der Waals surface area contributed by atoms with Crippen LogP contribution in [0.4, 0.5) is 8.78 Å².